The van der Waals surface area contributed by atoms with Gasteiger partial charge in [0, 0.05) is 5.69 Å². The van der Waals surface area contributed by atoms with Gasteiger partial charge >= 0.3 is 0 Å². The van der Waals surface area contributed by atoms with Gasteiger partial charge in [-0.25, -0.2) is 4.39 Å². The zero-order valence-electron chi connectivity index (χ0n) is 10.2. The molecule has 4 nitrogen and oxygen atoms in total. The van der Waals surface area contributed by atoms with E-state index in [1.54, 1.807) is 6.92 Å². The third-order valence-electron chi connectivity index (χ3n) is 2.84. The van der Waals surface area contributed by atoms with Crippen LogP contribution in [0.3, 0.4) is 0 Å². The van der Waals surface area contributed by atoms with E-state index in [0.717, 1.165) is 11.8 Å². The Balaban J connectivity index is 2.10. The molecule has 2 rings (SSSR count). The lowest BCUT2D eigenvalue weighted by atomic mass is 10.0. The molecule has 1 aromatic rings. The lowest BCUT2D eigenvalue weighted by Crippen LogP contribution is -2.32. The Labute approximate surface area is 113 Å². The minimum atomic E-state index is -1.25. The fraction of sp³-hybridized carbons (Fsp3) is 0.308. The van der Waals surface area contributed by atoms with Gasteiger partial charge in [0.1, 0.15) is 5.82 Å². The second-order valence-electron chi connectivity index (χ2n) is 4.17. The number of thioether (sulfide) groups is 1. The first-order valence-corrected chi connectivity index (χ1v) is 6.71. The predicted molar refractivity (Wildman–Crippen MR) is 70.2 cm³/mol. The monoisotopic (exact) mass is 281 g/mol. The molecule has 1 N–H and O–H groups in total. The molecule has 2 atom stereocenters. The SMILES string of the molecule is CCC1SC(=O)C(C(=O)Nc2ccc(F)cc2)C1=O. The second-order valence-corrected chi connectivity index (χ2v) is 5.37. The van der Waals surface area contributed by atoms with Crippen LogP contribution in [0.25, 0.3) is 0 Å². The van der Waals surface area contributed by atoms with Crippen molar-refractivity contribution < 1.29 is 18.8 Å². The first-order valence-electron chi connectivity index (χ1n) is 5.83. The molecule has 0 bridgehead atoms. The molecule has 1 aliphatic rings. The van der Waals surface area contributed by atoms with Gasteiger partial charge in [-0.2, -0.15) is 0 Å². The van der Waals surface area contributed by atoms with Crippen LogP contribution in [0.5, 0.6) is 0 Å². The summed E-state index contributed by atoms with van der Waals surface area (Å²) in [6.07, 6.45) is 0.523. The molecular weight excluding hydrogens is 269 g/mol. The summed E-state index contributed by atoms with van der Waals surface area (Å²) in [5.41, 5.74) is 0.358. The molecule has 6 heteroatoms. The van der Waals surface area contributed by atoms with Crippen molar-refractivity contribution in [3.05, 3.63) is 30.1 Å². The molecule has 1 aromatic carbocycles. The fourth-order valence-electron chi connectivity index (χ4n) is 1.84. The van der Waals surface area contributed by atoms with Crippen LogP contribution in [0.4, 0.5) is 10.1 Å². The van der Waals surface area contributed by atoms with Gasteiger partial charge in [0.2, 0.25) is 11.0 Å². The van der Waals surface area contributed by atoms with E-state index in [-0.39, 0.29) is 5.78 Å². The highest BCUT2D eigenvalue weighted by Crippen LogP contribution is 2.32. The number of halogens is 1. The van der Waals surface area contributed by atoms with E-state index in [4.69, 9.17) is 0 Å². The van der Waals surface area contributed by atoms with Crippen molar-refractivity contribution in [1.29, 1.82) is 0 Å². The molecule has 0 spiro atoms. The lowest BCUT2D eigenvalue weighted by Gasteiger charge is -2.08. The van der Waals surface area contributed by atoms with Crippen molar-refractivity contribution in [3.8, 4) is 0 Å². The summed E-state index contributed by atoms with van der Waals surface area (Å²) >= 11 is 0.914. The lowest BCUT2D eigenvalue weighted by molar-refractivity contribution is -0.134. The second kappa shape index (κ2) is 5.52. The molecular formula is C13H12FNO3S. The molecule has 1 amide bonds. The standard InChI is InChI=1S/C13H12FNO3S/c1-2-9-11(16)10(13(18)19-9)12(17)15-8-5-3-7(14)4-6-8/h3-6,9-10H,2H2,1H3,(H,15,17). The minimum Gasteiger partial charge on any atom is -0.325 e. The van der Waals surface area contributed by atoms with Crippen molar-refractivity contribution in [2.45, 2.75) is 18.6 Å². The molecule has 0 aromatic heterocycles. The molecule has 1 heterocycles. The Morgan fingerprint density at radius 2 is 1.95 bits per heavy atom. The number of Topliss-reactive ketones (excluding diaryl/α,β-unsaturated/α-hetero) is 1. The van der Waals surface area contributed by atoms with E-state index in [2.05, 4.69) is 5.32 Å². The van der Waals surface area contributed by atoms with Gasteiger partial charge in [0.05, 0.1) is 5.25 Å². The third kappa shape index (κ3) is 2.84. The first-order chi connectivity index (χ1) is 9.02. The number of carbonyl (C=O) groups is 3. The van der Waals surface area contributed by atoms with Crippen LogP contribution in [-0.2, 0) is 14.4 Å². The highest BCUT2D eigenvalue weighted by Gasteiger charge is 2.45. The molecule has 100 valence electrons. The van der Waals surface area contributed by atoms with E-state index in [1.165, 1.54) is 24.3 Å². The van der Waals surface area contributed by atoms with Crippen molar-refractivity contribution in [1.82, 2.24) is 0 Å². The van der Waals surface area contributed by atoms with Crippen LogP contribution in [0.1, 0.15) is 13.3 Å². The highest BCUT2D eigenvalue weighted by molar-refractivity contribution is 8.15. The molecule has 1 saturated heterocycles. The molecule has 0 aliphatic carbocycles. The molecule has 1 fully saturated rings. The Kier molecular flexibility index (Phi) is 3.99. The smallest absolute Gasteiger partial charge is 0.243 e. The summed E-state index contributed by atoms with van der Waals surface area (Å²) in [5.74, 6) is -2.67. The largest absolute Gasteiger partial charge is 0.325 e. The van der Waals surface area contributed by atoms with Gasteiger partial charge in [-0.05, 0) is 30.7 Å². The summed E-state index contributed by atoms with van der Waals surface area (Å²) in [5, 5.41) is 1.60. The number of benzene rings is 1. The fourth-order valence-corrected chi connectivity index (χ4v) is 2.90. The van der Waals surface area contributed by atoms with E-state index < -0.39 is 28.0 Å². The number of rotatable bonds is 3. The number of hydrogen-bond donors (Lipinski definition) is 1. The number of anilines is 1. The van der Waals surface area contributed by atoms with Gasteiger partial charge in [0.15, 0.2) is 11.7 Å². The Bertz CT molecular complexity index is 529. The molecule has 0 saturated carbocycles. The number of ketones is 1. The molecule has 2 unspecified atom stereocenters. The van der Waals surface area contributed by atoms with Crippen LogP contribution < -0.4 is 5.32 Å². The quantitative estimate of drug-likeness (QED) is 0.861. The average molecular weight is 281 g/mol. The van der Waals surface area contributed by atoms with Crippen molar-refractivity contribution in [2.24, 2.45) is 5.92 Å². The number of carbonyl (C=O) groups excluding carboxylic acids is 3. The molecule has 0 radical (unpaired) electrons. The van der Waals surface area contributed by atoms with Crippen molar-refractivity contribution in [2.75, 3.05) is 5.32 Å². The Morgan fingerprint density at radius 1 is 1.32 bits per heavy atom. The zero-order chi connectivity index (χ0) is 14.0. The normalized spacial score (nSPS) is 22.6. The van der Waals surface area contributed by atoms with Gasteiger partial charge in [-0.3, -0.25) is 14.4 Å². The minimum absolute atomic E-state index is 0.350. The maximum absolute atomic E-state index is 12.7. The van der Waals surface area contributed by atoms with Gasteiger partial charge in [-0.15, -0.1) is 0 Å². The zero-order valence-corrected chi connectivity index (χ0v) is 11.0. The van der Waals surface area contributed by atoms with Crippen molar-refractivity contribution >= 4 is 34.3 Å². The summed E-state index contributed by atoms with van der Waals surface area (Å²) in [6.45, 7) is 1.79. The third-order valence-corrected chi connectivity index (χ3v) is 4.16. The Hall–Kier alpha value is -1.69. The topological polar surface area (TPSA) is 63.2 Å². The Morgan fingerprint density at radius 3 is 2.47 bits per heavy atom. The van der Waals surface area contributed by atoms with Crippen LogP contribution >= 0.6 is 11.8 Å². The van der Waals surface area contributed by atoms with Gasteiger partial charge < -0.3 is 5.32 Å². The number of nitrogens with one attached hydrogen (secondary N) is 1. The van der Waals surface area contributed by atoms with E-state index >= 15 is 0 Å². The maximum Gasteiger partial charge on any atom is 0.243 e. The van der Waals surface area contributed by atoms with Crippen molar-refractivity contribution in [3.63, 3.8) is 0 Å². The first kappa shape index (κ1) is 13.7. The predicted octanol–water partition coefficient (Wildman–Crippen LogP) is 2.00. The summed E-state index contributed by atoms with van der Waals surface area (Å²) in [6, 6.07) is 5.14. The molecule has 1 aliphatic heterocycles. The van der Waals surface area contributed by atoms with Crippen LogP contribution in [-0.4, -0.2) is 22.1 Å². The number of hydrogen-bond acceptors (Lipinski definition) is 4. The van der Waals surface area contributed by atoms with E-state index in [1.807, 2.05) is 0 Å². The van der Waals surface area contributed by atoms with Crippen LogP contribution in [0.2, 0.25) is 0 Å². The van der Waals surface area contributed by atoms with Gasteiger partial charge in [-0.1, -0.05) is 18.7 Å². The maximum atomic E-state index is 12.7. The van der Waals surface area contributed by atoms with Crippen LogP contribution in [0.15, 0.2) is 24.3 Å². The average Bonchev–Trinajstić information content (AvgIpc) is 2.67. The molecule has 19 heavy (non-hydrogen) atoms. The van der Waals surface area contributed by atoms with E-state index in [0.29, 0.717) is 12.1 Å². The highest BCUT2D eigenvalue weighted by atomic mass is 32.2. The number of amides is 1. The summed E-state index contributed by atoms with van der Waals surface area (Å²) < 4.78 is 12.7. The summed E-state index contributed by atoms with van der Waals surface area (Å²) in [4.78, 5) is 35.5. The van der Waals surface area contributed by atoms with Gasteiger partial charge in [0.25, 0.3) is 0 Å². The summed E-state index contributed by atoms with van der Waals surface area (Å²) in [7, 11) is 0. The van der Waals surface area contributed by atoms with Crippen LogP contribution in [0, 0.1) is 11.7 Å². The van der Waals surface area contributed by atoms with E-state index in [9.17, 15) is 18.8 Å².